The van der Waals surface area contributed by atoms with Crippen LogP contribution in [0.1, 0.15) is 47.4 Å². The fraction of sp³-hybridized carbons (Fsp3) is 0.500. The summed E-state index contributed by atoms with van der Waals surface area (Å²) in [6.45, 7) is 17.4. The Morgan fingerprint density at radius 2 is 1.50 bits per heavy atom. The van der Waals surface area contributed by atoms with Crippen molar-refractivity contribution in [1.29, 1.82) is 0 Å². The maximum Gasteiger partial charge on any atom is 0.573 e. The van der Waals surface area contributed by atoms with Crippen molar-refractivity contribution in [2.75, 3.05) is 38.1 Å². The van der Waals surface area contributed by atoms with E-state index < -0.39 is 20.2 Å². The summed E-state index contributed by atoms with van der Waals surface area (Å²) in [5, 5.41) is -0.139. The molecule has 0 amide bonds. The molecule has 0 unspecified atom stereocenters. The number of halogens is 4. The first-order valence-corrected chi connectivity index (χ1v) is 16.4. The van der Waals surface area contributed by atoms with Crippen molar-refractivity contribution < 1.29 is 17.9 Å². The molecular formula is C30H38ClF3N4OSi. The highest BCUT2D eigenvalue weighted by molar-refractivity contribution is 6.90. The number of likely N-dealkylation sites (N-methyl/N-ethyl adjacent to an activating group) is 1. The first-order chi connectivity index (χ1) is 18.7. The van der Waals surface area contributed by atoms with Gasteiger partial charge in [0.15, 0.2) is 5.82 Å². The fourth-order valence-corrected chi connectivity index (χ4v) is 11.5. The zero-order valence-electron chi connectivity index (χ0n) is 24.2. The number of piperazine rings is 1. The molecular weight excluding hydrogens is 553 g/mol. The molecule has 0 bridgehead atoms. The first-order valence-electron chi connectivity index (χ1n) is 13.8. The van der Waals surface area contributed by atoms with Crippen LogP contribution in [-0.2, 0) is 0 Å². The quantitative estimate of drug-likeness (QED) is 0.216. The third kappa shape index (κ3) is 6.14. The number of benzene rings is 2. The zero-order valence-corrected chi connectivity index (χ0v) is 26.0. The highest BCUT2D eigenvalue weighted by atomic mass is 35.5. The Bertz CT molecular complexity index is 1390. The number of imidazole rings is 1. The Morgan fingerprint density at radius 3 is 2.05 bits per heavy atom. The third-order valence-corrected chi connectivity index (χ3v) is 14.7. The molecule has 1 fully saturated rings. The van der Waals surface area contributed by atoms with Gasteiger partial charge in [-0.05, 0) is 66.0 Å². The second-order valence-corrected chi connectivity index (χ2v) is 17.5. The topological polar surface area (TPSA) is 33.5 Å². The molecule has 1 aliphatic heterocycles. The van der Waals surface area contributed by atoms with E-state index in [9.17, 15) is 13.2 Å². The van der Waals surface area contributed by atoms with Crippen LogP contribution in [0.2, 0.25) is 21.6 Å². The van der Waals surface area contributed by atoms with Crippen molar-refractivity contribution in [2.24, 2.45) is 0 Å². The number of hydrogen-bond donors (Lipinski definition) is 0. The van der Waals surface area contributed by atoms with Gasteiger partial charge >= 0.3 is 6.36 Å². The van der Waals surface area contributed by atoms with Crippen molar-refractivity contribution in [2.45, 2.75) is 64.5 Å². The summed E-state index contributed by atoms with van der Waals surface area (Å²) in [4.78, 5) is 9.62. The number of alkyl halides is 3. The molecule has 1 saturated heterocycles. The van der Waals surface area contributed by atoms with Gasteiger partial charge in [0.2, 0.25) is 0 Å². The van der Waals surface area contributed by atoms with Crippen LogP contribution in [0.5, 0.6) is 5.75 Å². The van der Waals surface area contributed by atoms with Gasteiger partial charge in [-0.1, -0.05) is 53.1 Å². The Kier molecular flexibility index (Phi) is 8.84. The van der Waals surface area contributed by atoms with Gasteiger partial charge in [0, 0.05) is 31.9 Å². The van der Waals surface area contributed by atoms with E-state index in [4.69, 9.17) is 16.6 Å². The number of nitrogens with zero attached hydrogens (tertiary/aromatic N) is 4. The van der Waals surface area contributed by atoms with Gasteiger partial charge in [-0.3, -0.25) is 4.57 Å². The maximum absolute atomic E-state index is 12.9. The number of rotatable bonds is 6. The lowest BCUT2D eigenvalue weighted by Gasteiger charge is -2.38. The van der Waals surface area contributed by atoms with Crippen LogP contribution in [0, 0.1) is 11.5 Å². The molecule has 216 valence electrons. The second kappa shape index (κ2) is 11.7. The molecule has 0 atom stereocenters. The number of ether oxygens (including phenoxy) is 1. The van der Waals surface area contributed by atoms with E-state index in [0.29, 0.717) is 28.1 Å². The van der Waals surface area contributed by atoms with Crippen molar-refractivity contribution >= 4 is 36.4 Å². The molecule has 10 heteroatoms. The Labute approximate surface area is 241 Å². The average Bonchev–Trinajstić information content (AvgIpc) is 3.22. The van der Waals surface area contributed by atoms with E-state index >= 15 is 0 Å². The summed E-state index contributed by atoms with van der Waals surface area (Å²) in [5.74, 6) is 3.55. The molecule has 1 aliphatic rings. The molecule has 0 spiro atoms. The fourth-order valence-electron chi connectivity index (χ4n) is 6.11. The highest BCUT2D eigenvalue weighted by Gasteiger charge is 2.42. The molecule has 2 heterocycles. The van der Waals surface area contributed by atoms with Crippen LogP contribution in [0.3, 0.4) is 0 Å². The van der Waals surface area contributed by atoms with Crippen molar-refractivity contribution in [3.8, 4) is 22.9 Å². The molecule has 0 aliphatic carbocycles. The second-order valence-electron chi connectivity index (χ2n) is 11.5. The summed E-state index contributed by atoms with van der Waals surface area (Å²) >= 11 is 6.27. The highest BCUT2D eigenvalue weighted by Crippen LogP contribution is 2.41. The predicted octanol–water partition coefficient (Wildman–Crippen LogP) is 7.90. The summed E-state index contributed by atoms with van der Waals surface area (Å²) in [5.41, 5.74) is 8.31. The number of aromatic nitrogens is 2. The van der Waals surface area contributed by atoms with Crippen LogP contribution in [0.25, 0.3) is 16.7 Å². The van der Waals surface area contributed by atoms with E-state index in [2.05, 4.69) is 86.7 Å². The zero-order chi connectivity index (χ0) is 29.4. The SMILES string of the molecule is CC(C)[Si](C#Cc1nc2cc(N3CCN(C)CC3)ccc2n1-c1ccc(OC(F)(F)F)c(Cl)c1)(C(C)C)C(C)C. The maximum atomic E-state index is 12.9. The van der Waals surface area contributed by atoms with Crippen LogP contribution in [0.4, 0.5) is 18.9 Å². The molecule has 0 radical (unpaired) electrons. The molecule has 0 saturated carbocycles. The van der Waals surface area contributed by atoms with Gasteiger partial charge in [0.05, 0.1) is 21.7 Å². The predicted molar refractivity (Wildman–Crippen MR) is 160 cm³/mol. The van der Waals surface area contributed by atoms with Gasteiger partial charge in [0.1, 0.15) is 13.8 Å². The number of fused-ring (bicyclic) bond motifs is 1. The van der Waals surface area contributed by atoms with Crippen LogP contribution in [0.15, 0.2) is 36.4 Å². The summed E-state index contributed by atoms with van der Waals surface area (Å²) in [6, 6.07) is 10.4. The number of anilines is 1. The first kappa shape index (κ1) is 30.3. The van der Waals surface area contributed by atoms with Crippen molar-refractivity contribution in [3.05, 3.63) is 47.2 Å². The molecule has 0 N–H and O–H groups in total. The Balaban J connectivity index is 1.88. The lowest BCUT2D eigenvalue weighted by Crippen LogP contribution is -2.44. The smallest absolute Gasteiger partial charge is 0.404 e. The van der Waals surface area contributed by atoms with Gasteiger partial charge in [-0.15, -0.1) is 18.7 Å². The number of hydrogen-bond acceptors (Lipinski definition) is 4. The minimum Gasteiger partial charge on any atom is -0.404 e. The minimum absolute atomic E-state index is 0.139. The van der Waals surface area contributed by atoms with Crippen molar-refractivity contribution in [3.63, 3.8) is 0 Å². The molecule has 2 aromatic carbocycles. The largest absolute Gasteiger partial charge is 0.573 e. The normalized spacial score (nSPS) is 15.3. The Morgan fingerprint density at radius 1 is 0.900 bits per heavy atom. The van der Waals surface area contributed by atoms with Crippen LogP contribution < -0.4 is 9.64 Å². The van der Waals surface area contributed by atoms with Crippen LogP contribution in [-0.4, -0.2) is 62.1 Å². The molecule has 40 heavy (non-hydrogen) atoms. The van der Waals surface area contributed by atoms with E-state index in [0.717, 1.165) is 42.9 Å². The summed E-state index contributed by atoms with van der Waals surface area (Å²) < 4.78 is 44.6. The van der Waals surface area contributed by atoms with Crippen molar-refractivity contribution in [1.82, 2.24) is 14.5 Å². The standard InChI is InChI=1S/C30H38ClF3N4OSi/c1-20(2)40(21(3)4,22(5)6)17-12-29-35-26-19-23(37-15-13-36(7)14-16-37)8-10-27(26)38(29)24-9-11-28(25(31)18-24)39-30(32,33)34/h8-11,18-22H,13-16H2,1-7H3. The summed E-state index contributed by atoms with van der Waals surface area (Å²) in [7, 11) is 0.0507. The van der Waals surface area contributed by atoms with Crippen LogP contribution >= 0.6 is 11.6 Å². The van der Waals surface area contributed by atoms with E-state index in [1.165, 1.54) is 12.1 Å². The average molecular weight is 591 g/mol. The monoisotopic (exact) mass is 590 g/mol. The van der Waals surface area contributed by atoms with Gasteiger partial charge in [-0.25, -0.2) is 4.98 Å². The molecule has 3 aromatic rings. The Hall–Kier alpha value is -2.67. The van der Waals surface area contributed by atoms with Gasteiger partial charge in [-0.2, -0.15) is 0 Å². The third-order valence-electron chi connectivity index (χ3n) is 8.16. The van der Waals surface area contributed by atoms with E-state index in [1.807, 2.05) is 10.6 Å². The molecule has 1 aromatic heterocycles. The summed E-state index contributed by atoms with van der Waals surface area (Å²) in [6.07, 6.45) is -4.83. The molecule has 4 rings (SSSR count). The van der Waals surface area contributed by atoms with Gasteiger partial charge in [0.25, 0.3) is 0 Å². The van der Waals surface area contributed by atoms with E-state index in [1.54, 1.807) is 6.07 Å². The lowest BCUT2D eigenvalue weighted by molar-refractivity contribution is -0.274. The van der Waals surface area contributed by atoms with Gasteiger partial charge < -0.3 is 14.5 Å². The lowest BCUT2D eigenvalue weighted by atomic mass is 10.2. The minimum atomic E-state index is -4.83. The molecule has 5 nitrogen and oxygen atoms in total. The van der Waals surface area contributed by atoms with E-state index in [-0.39, 0.29) is 5.02 Å².